The Morgan fingerprint density at radius 3 is 2.13 bits per heavy atom. The lowest BCUT2D eigenvalue weighted by Gasteiger charge is -2.21. The van der Waals surface area contributed by atoms with Gasteiger partial charge in [-0.2, -0.15) is 0 Å². The Morgan fingerprint density at radius 1 is 0.933 bits per heavy atom. The van der Waals surface area contributed by atoms with Gasteiger partial charge >= 0.3 is 0 Å². The highest BCUT2D eigenvalue weighted by Crippen LogP contribution is 2.27. The Labute approximate surface area is 176 Å². The summed E-state index contributed by atoms with van der Waals surface area (Å²) in [4.78, 5) is 41.2. The number of benzene rings is 2. The van der Waals surface area contributed by atoms with Crippen molar-refractivity contribution >= 4 is 23.3 Å². The van der Waals surface area contributed by atoms with Crippen LogP contribution in [0.25, 0.3) is 0 Å². The van der Waals surface area contributed by atoms with Gasteiger partial charge in [-0.15, -0.1) is 0 Å². The molecule has 1 saturated heterocycles. The van der Waals surface area contributed by atoms with Crippen LogP contribution in [0.4, 0.5) is 5.69 Å². The standard InChI is InChI=1S/C23H27N3O4/c1-25(2)17-12-10-16(11-13-17)19(27)20-21(30-20)22(28)24-18(23(29)26(3)4)14-15-8-6-5-7-9-15/h5-13,18,20-21H,14H2,1-4H3,(H,24,28)/t18-,20+,21-/m0/s1. The van der Waals surface area contributed by atoms with Gasteiger partial charge in [0.25, 0.3) is 5.91 Å². The Balaban J connectivity index is 1.63. The van der Waals surface area contributed by atoms with E-state index in [2.05, 4.69) is 5.32 Å². The number of ether oxygens (including phenoxy) is 1. The molecule has 1 aliphatic rings. The van der Waals surface area contributed by atoms with Crippen LogP contribution in [-0.4, -0.2) is 68.9 Å². The summed E-state index contributed by atoms with van der Waals surface area (Å²) in [6, 6.07) is 15.9. The van der Waals surface area contributed by atoms with Crippen molar-refractivity contribution in [1.82, 2.24) is 10.2 Å². The molecule has 1 fully saturated rings. The van der Waals surface area contributed by atoms with Crippen LogP contribution in [0.1, 0.15) is 15.9 Å². The van der Waals surface area contributed by atoms with Gasteiger partial charge in [-0.1, -0.05) is 30.3 Å². The third-order valence-electron chi connectivity index (χ3n) is 5.01. The van der Waals surface area contributed by atoms with E-state index in [0.717, 1.165) is 11.3 Å². The zero-order chi connectivity index (χ0) is 21.8. The quantitative estimate of drug-likeness (QED) is 0.528. The topological polar surface area (TPSA) is 82.2 Å². The van der Waals surface area contributed by atoms with Crippen LogP contribution >= 0.6 is 0 Å². The molecule has 2 amide bonds. The van der Waals surface area contributed by atoms with Crippen molar-refractivity contribution in [3.05, 3.63) is 65.7 Å². The maximum Gasteiger partial charge on any atom is 0.253 e. The maximum absolute atomic E-state index is 12.7. The van der Waals surface area contributed by atoms with Gasteiger partial charge < -0.3 is 19.9 Å². The highest BCUT2D eigenvalue weighted by atomic mass is 16.6. The second kappa shape index (κ2) is 9.09. The summed E-state index contributed by atoms with van der Waals surface area (Å²) in [5, 5.41) is 2.75. The van der Waals surface area contributed by atoms with Gasteiger partial charge in [-0.3, -0.25) is 14.4 Å². The third kappa shape index (κ3) is 5.04. The Morgan fingerprint density at radius 2 is 1.57 bits per heavy atom. The molecular weight excluding hydrogens is 382 g/mol. The number of epoxide rings is 1. The van der Waals surface area contributed by atoms with Crippen LogP contribution < -0.4 is 10.2 Å². The van der Waals surface area contributed by atoms with E-state index in [1.807, 2.05) is 61.5 Å². The number of Topliss-reactive ketones (excluding diaryl/α,β-unsaturated/α-hetero) is 1. The largest absolute Gasteiger partial charge is 0.378 e. The van der Waals surface area contributed by atoms with Gasteiger partial charge in [-0.05, 0) is 29.8 Å². The van der Waals surface area contributed by atoms with Gasteiger partial charge in [0.05, 0.1) is 0 Å². The number of rotatable bonds is 8. The molecule has 0 spiro atoms. The van der Waals surface area contributed by atoms with Crippen LogP contribution in [0.3, 0.4) is 0 Å². The number of carbonyl (C=O) groups is 3. The Hall–Kier alpha value is -3.19. The van der Waals surface area contributed by atoms with Crippen LogP contribution in [0, 0.1) is 0 Å². The number of nitrogens with zero attached hydrogens (tertiary/aromatic N) is 2. The summed E-state index contributed by atoms with van der Waals surface area (Å²) in [5.74, 6) is -0.900. The molecule has 0 bridgehead atoms. The number of hydrogen-bond acceptors (Lipinski definition) is 5. The Kier molecular flexibility index (Phi) is 6.52. The molecule has 2 aromatic rings. The van der Waals surface area contributed by atoms with E-state index in [0.29, 0.717) is 12.0 Å². The summed E-state index contributed by atoms with van der Waals surface area (Å²) < 4.78 is 5.37. The number of anilines is 1. The molecule has 3 atom stereocenters. The van der Waals surface area contributed by atoms with Gasteiger partial charge in [0, 0.05) is 45.9 Å². The van der Waals surface area contributed by atoms with Crippen molar-refractivity contribution in [3.8, 4) is 0 Å². The van der Waals surface area contributed by atoms with Crippen molar-refractivity contribution in [1.29, 1.82) is 0 Å². The summed E-state index contributed by atoms with van der Waals surface area (Å²) in [7, 11) is 7.12. The first-order chi connectivity index (χ1) is 14.3. The summed E-state index contributed by atoms with van der Waals surface area (Å²) in [5.41, 5.74) is 2.40. The molecule has 3 rings (SSSR count). The van der Waals surface area contributed by atoms with Crippen molar-refractivity contribution < 1.29 is 19.1 Å². The molecule has 7 nitrogen and oxygen atoms in total. The zero-order valence-corrected chi connectivity index (χ0v) is 17.7. The van der Waals surface area contributed by atoms with E-state index in [1.165, 1.54) is 4.90 Å². The third-order valence-corrected chi connectivity index (χ3v) is 5.01. The maximum atomic E-state index is 12.7. The highest BCUT2D eigenvalue weighted by molar-refractivity contribution is 6.06. The Bertz CT molecular complexity index is 910. The number of carbonyl (C=O) groups excluding carboxylic acids is 3. The number of ketones is 1. The highest BCUT2D eigenvalue weighted by Gasteiger charge is 2.51. The molecule has 0 radical (unpaired) electrons. The molecule has 0 saturated carbocycles. The van der Waals surface area contributed by atoms with Crippen molar-refractivity contribution in [3.63, 3.8) is 0 Å². The van der Waals surface area contributed by atoms with E-state index < -0.39 is 24.2 Å². The average Bonchev–Trinajstić information content (AvgIpc) is 3.54. The second-order valence-electron chi connectivity index (χ2n) is 7.77. The van der Waals surface area contributed by atoms with Crippen LogP contribution in [-0.2, 0) is 20.7 Å². The van der Waals surface area contributed by atoms with E-state index in [9.17, 15) is 14.4 Å². The number of nitrogens with one attached hydrogen (secondary N) is 1. The van der Waals surface area contributed by atoms with Crippen molar-refractivity contribution in [2.75, 3.05) is 33.1 Å². The minimum absolute atomic E-state index is 0.213. The summed E-state index contributed by atoms with van der Waals surface area (Å²) in [6.45, 7) is 0. The molecule has 1 aliphatic heterocycles. The minimum atomic E-state index is -0.876. The van der Waals surface area contributed by atoms with Crippen LogP contribution in [0.15, 0.2) is 54.6 Å². The molecule has 1 N–H and O–H groups in total. The number of amides is 2. The molecule has 0 aliphatic carbocycles. The van der Waals surface area contributed by atoms with Crippen molar-refractivity contribution in [2.24, 2.45) is 0 Å². The monoisotopic (exact) mass is 409 g/mol. The molecule has 2 aromatic carbocycles. The summed E-state index contributed by atoms with van der Waals surface area (Å²) >= 11 is 0. The van der Waals surface area contributed by atoms with E-state index in [4.69, 9.17) is 4.74 Å². The molecule has 0 unspecified atom stereocenters. The lowest BCUT2D eigenvalue weighted by atomic mass is 10.0. The number of hydrogen-bond donors (Lipinski definition) is 1. The fourth-order valence-electron chi connectivity index (χ4n) is 3.21. The predicted octanol–water partition coefficient (Wildman–Crippen LogP) is 1.52. The molecular formula is C23H27N3O4. The average molecular weight is 409 g/mol. The normalized spacial score (nSPS) is 18.3. The second-order valence-corrected chi connectivity index (χ2v) is 7.77. The lowest BCUT2D eigenvalue weighted by molar-refractivity contribution is -0.134. The fourth-order valence-corrected chi connectivity index (χ4v) is 3.21. The fraction of sp³-hybridized carbons (Fsp3) is 0.348. The van der Waals surface area contributed by atoms with Crippen LogP contribution in [0.2, 0.25) is 0 Å². The van der Waals surface area contributed by atoms with E-state index in [-0.39, 0.29) is 11.7 Å². The first-order valence-corrected chi connectivity index (χ1v) is 9.80. The smallest absolute Gasteiger partial charge is 0.253 e. The van der Waals surface area contributed by atoms with Gasteiger partial charge in [-0.25, -0.2) is 0 Å². The van der Waals surface area contributed by atoms with Gasteiger partial charge in [0.15, 0.2) is 18.0 Å². The zero-order valence-electron chi connectivity index (χ0n) is 17.7. The first-order valence-electron chi connectivity index (χ1n) is 9.80. The minimum Gasteiger partial charge on any atom is -0.378 e. The molecule has 0 aromatic heterocycles. The lowest BCUT2D eigenvalue weighted by Crippen LogP contribution is -2.49. The molecule has 30 heavy (non-hydrogen) atoms. The summed E-state index contributed by atoms with van der Waals surface area (Å²) in [6.07, 6.45) is -1.33. The first kappa shape index (κ1) is 21.5. The van der Waals surface area contributed by atoms with E-state index in [1.54, 1.807) is 26.2 Å². The SMILES string of the molecule is CN(C)C(=O)[C@H](Cc1ccccc1)NC(=O)[C@H]1O[C@@H]1C(=O)c1ccc(N(C)C)cc1. The molecule has 1 heterocycles. The van der Waals surface area contributed by atoms with Gasteiger partial charge in [0.2, 0.25) is 5.91 Å². The molecule has 7 heteroatoms. The van der Waals surface area contributed by atoms with E-state index >= 15 is 0 Å². The molecule has 158 valence electrons. The number of likely N-dealkylation sites (N-methyl/N-ethyl adjacent to an activating group) is 1. The van der Waals surface area contributed by atoms with Crippen molar-refractivity contribution in [2.45, 2.75) is 24.7 Å². The predicted molar refractivity (Wildman–Crippen MR) is 115 cm³/mol. The van der Waals surface area contributed by atoms with Gasteiger partial charge in [0.1, 0.15) is 6.04 Å². The van der Waals surface area contributed by atoms with Crippen LogP contribution in [0.5, 0.6) is 0 Å².